The van der Waals surface area contributed by atoms with Gasteiger partial charge in [0, 0.05) is 55.2 Å². The van der Waals surface area contributed by atoms with E-state index in [2.05, 4.69) is 27.0 Å². The average Bonchev–Trinajstić information content (AvgIpc) is 3.41. The minimum atomic E-state index is -0.816. The number of nitro benzene ring substituents is 1. The molecule has 0 atom stereocenters. The number of hydrogen-bond acceptors (Lipinski definition) is 9. The molecule has 1 aromatic heterocycles. The molecule has 4 aromatic rings. The quantitative estimate of drug-likeness (QED) is 0.191. The van der Waals surface area contributed by atoms with E-state index in [1.165, 1.54) is 31.0 Å². The minimum absolute atomic E-state index is 0.0836. The number of rotatable bonds is 7. The summed E-state index contributed by atoms with van der Waals surface area (Å²) in [7, 11) is 2.40. The largest absolute Gasteiger partial charge is 0.465 e. The van der Waals surface area contributed by atoms with Crippen molar-refractivity contribution in [3.8, 4) is 16.9 Å². The van der Waals surface area contributed by atoms with E-state index < -0.39 is 16.9 Å². The maximum absolute atomic E-state index is 13.2. The van der Waals surface area contributed by atoms with E-state index >= 15 is 0 Å². The van der Waals surface area contributed by atoms with Gasteiger partial charge in [-0.3, -0.25) is 10.1 Å². The van der Waals surface area contributed by atoms with Crippen LogP contribution in [0.25, 0.3) is 16.9 Å². The van der Waals surface area contributed by atoms with Crippen LogP contribution in [0.1, 0.15) is 20.8 Å². The van der Waals surface area contributed by atoms with E-state index in [1.54, 1.807) is 36.4 Å². The van der Waals surface area contributed by atoms with Crippen LogP contribution in [-0.2, 0) is 9.47 Å². The summed E-state index contributed by atoms with van der Waals surface area (Å²) in [5, 5.41) is 16.5. The van der Waals surface area contributed by atoms with Gasteiger partial charge in [0.15, 0.2) is 5.69 Å². The van der Waals surface area contributed by atoms with E-state index in [1.807, 2.05) is 18.2 Å². The lowest BCUT2D eigenvalue weighted by Gasteiger charge is -2.38. The predicted octanol–water partition coefficient (Wildman–Crippen LogP) is 4.35. The number of nitro groups is 1. The number of para-hydroxylation sites is 2. The second-order valence-electron chi connectivity index (χ2n) is 9.07. The molecule has 1 aliphatic rings. The Morgan fingerprint density at radius 1 is 0.800 bits per heavy atom. The van der Waals surface area contributed by atoms with Gasteiger partial charge in [0.05, 0.1) is 24.8 Å². The Balaban J connectivity index is 1.66. The molecule has 40 heavy (non-hydrogen) atoms. The van der Waals surface area contributed by atoms with Gasteiger partial charge in [0.1, 0.15) is 11.3 Å². The van der Waals surface area contributed by atoms with Gasteiger partial charge in [-0.05, 0) is 30.3 Å². The predicted molar refractivity (Wildman–Crippen MR) is 149 cm³/mol. The van der Waals surface area contributed by atoms with Crippen LogP contribution in [-0.4, -0.2) is 67.0 Å². The Morgan fingerprint density at radius 2 is 1.38 bits per heavy atom. The third-order valence-electron chi connectivity index (χ3n) is 6.84. The van der Waals surface area contributed by atoms with Crippen LogP contribution >= 0.6 is 0 Å². The topological polar surface area (TPSA) is 120 Å². The number of piperazine rings is 1. The standard InChI is InChI=1S/C29H27N5O6/c1-39-28(35)25-26(30-33(27(25)29(36)40-2)21-11-7-4-8-12-21)23-19-22(34(37)38)13-14-24(23)32-17-15-31(16-18-32)20-9-5-3-6-10-20/h3-14,19H,15-18H2,1-2H3. The van der Waals surface area contributed by atoms with Gasteiger partial charge >= 0.3 is 11.9 Å². The van der Waals surface area contributed by atoms with Crippen molar-refractivity contribution in [3.63, 3.8) is 0 Å². The number of anilines is 2. The number of methoxy groups -OCH3 is 2. The molecule has 0 bridgehead atoms. The van der Waals surface area contributed by atoms with Crippen LogP contribution in [0.15, 0.2) is 78.9 Å². The molecule has 2 heterocycles. The molecular formula is C29H27N5O6. The highest BCUT2D eigenvalue weighted by molar-refractivity contribution is 6.07. The zero-order valence-electron chi connectivity index (χ0n) is 22.0. The number of esters is 2. The first-order valence-electron chi connectivity index (χ1n) is 12.6. The average molecular weight is 542 g/mol. The van der Waals surface area contributed by atoms with E-state index in [4.69, 9.17) is 9.47 Å². The number of benzene rings is 3. The normalized spacial score (nSPS) is 13.2. The van der Waals surface area contributed by atoms with Gasteiger partial charge in [-0.2, -0.15) is 5.10 Å². The number of carbonyl (C=O) groups is 2. The number of ether oxygens (including phenoxy) is 2. The number of hydrogen-bond donors (Lipinski definition) is 0. The van der Waals surface area contributed by atoms with Crippen molar-refractivity contribution in [1.29, 1.82) is 0 Å². The molecule has 0 unspecified atom stereocenters. The number of aromatic nitrogens is 2. The zero-order valence-corrected chi connectivity index (χ0v) is 22.0. The highest BCUT2D eigenvalue weighted by Gasteiger charge is 2.34. The number of nitrogens with zero attached hydrogens (tertiary/aromatic N) is 5. The molecule has 1 aliphatic heterocycles. The van der Waals surface area contributed by atoms with Gasteiger partial charge in [0.25, 0.3) is 5.69 Å². The molecule has 0 spiro atoms. The Labute approximate surface area is 230 Å². The summed E-state index contributed by atoms with van der Waals surface area (Å²) in [6, 6.07) is 23.3. The molecular weight excluding hydrogens is 514 g/mol. The Kier molecular flexibility index (Phi) is 7.45. The molecule has 0 saturated carbocycles. The minimum Gasteiger partial charge on any atom is -0.465 e. The second kappa shape index (κ2) is 11.3. The first-order valence-corrected chi connectivity index (χ1v) is 12.6. The summed E-state index contributed by atoms with van der Waals surface area (Å²) < 4.78 is 11.4. The second-order valence-corrected chi connectivity index (χ2v) is 9.07. The lowest BCUT2D eigenvalue weighted by Crippen LogP contribution is -2.46. The van der Waals surface area contributed by atoms with Gasteiger partial charge in [0.2, 0.25) is 0 Å². The van der Waals surface area contributed by atoms with Crippen LogP contribution in [0.5, 0.6) is 0 Å². The first-order chi connectivity index (χ1) is 19.4. The summed E-state index contributed by atoms with van der Waals surface area (Å²) in [6.45, 7) is 2.68. The van der Waals surface area contributed by atoms with Crippen LogP contribution in [0.4, 0.5) is 17.1 Å². The summed E-state index contributed by atoms with van der Waals surface area (Å²) in [5.74, 6) is -1.62. The lowest BCUT2D eigenvalue weighted by atomic mass is 10.0. The van der Waals surface area contributed by atoms with Crippen molar-refractivity contribution >= 4 is 29.0 Å². The van der Waals surface area contributed by atoms with Crippen molar-refractivity contribution in [2.75, 3.05) is 50.2 Å². The molecule has 1 fully saturated rings. The van der Waals surface area contributed by atoms with Crippen LogP contribution < -0.4 is 9.80 Å². The van der Waals surface area contributed by atoms with Crippen LogP contribution in [0.3, 0.4) is 0 Å². The fourth-order valence-corrected chi connectivity index (χ4v) is 4.89. The number of carbonyl (C=O) groups excluding carboxylic acids is 2. The van der Waals surface area contributed by atoms with E-state index in [0.29, 0.717) is 30.0 Å². The molecule has 0 amide bonds. The highest BCUT2D eigenvalue weighted by Crippen LogP contribution is 2.38. The van der Waals surface area contributed by atoms with Gasteiger partial charge in [-0.15, -0.1) is 0 Å². The molecule has 0 N–H and O–H groups in total. The SMILES string of the molecule is COC(=O)c1c(-c2cc([N+](=O)[O-])ccc2N2CCN(c3ccccc3)CC2)nn(-c2ccccc2)c1C(=O)OC. The monoisotopic (exact) mass is 541 g/mol. The maximum atomic E-state index is 13.2. The van der Waals surface area contributed by atoms with E-state index in [9.17, 15) is 19.7 Å². The van der Waals surface area contributed by atoms with E-state index in [-0.39, 0.29) is 22.6 Å². The van der Waals surface area contributed by atoms with Crippen molar-refractivity contribution in [1.82, 2.24) is 9.78 Å². The molecule has 1 saturated heterocycles. The van der Waals surface area contributed by atoms with Crippen molar-refractivity contribution in [3.05, 3.63) is 100 Å². The number of non-ortho nitro benzene ring substituents is 1. The molecule has 0 aliphatic carbocycles. The molecule has 204 valence electrons. The zero-order chi connectivity index (χ0) is 28.2. The Hall–Kier alpha value is -5.19. The third kappa shape index (κ3) is 4.96. The van der Waals surface area contributed by atoms with Crippen LogP contribution in [0, 0.1) is 10.1 Å². The first kappa shape index (κ1) is 26.4. The molecule has 11 heteroatoms. The van der Waals surface area contributed by atoms with Crippen molar-refractivity contribution < 1.29 is 24.0 Å². The van der Waals surface area contributed by atoms with Gasteiger partial charge in [-0.1, -0.05) is 36.4 Å². The fraction of sp³-hybridized carbons (Fsp3) is 0.207. The van der Waals surface area contributed by atoms with Crippen LogP contribution in [0.2, 0.25) is 0 Å². The Bertz CT molecular complexity index is 1550. The summed E-state index contributed by atoms with van der Waals surface area (Å²) >= 11 is 0. The van der Waals surface area contributed by atoms with Crippen molar-refractivity contribution in [2.45, 2.75) is 0 Å². The maximum Gasteiger partial charge on any atom is 0.357 e. The highest BCUT2D eigenvalue weighted by atomic mass is 16.6. The molecule has 0 radical (unpaired) electrons. The third-order valence-corrected chi connectivity index (χ3v) is 6.84. The van der Waals surface area contributed by atoms with Gasteiger partial charge in [-0.25, -0.2) is 14.3 Å². The molecule has 11 nitrogen and oxygen atoms in total. The molecule has 5 rings (SSSR count). The van der Waals surface area contributed by atoms with E-state index in [0.717, 1.165) is 18.8 Å². The van der Waals surface area contributed by atoms with Crippen molar-refractivity contribution in [2.24, 2.45) is 0 Å². The smallest absolute Gasteiger partial charge is 0.357 e. The van der Waals surface area contributed by atoms with Gasteiger partial charge < -0.3 is 19.3 Å². The Morgan fingerprint density at radius 3 is 1.95 bits per heavy atom. The summed E-state index contributed by atoms with van der Waals surface area (Å²) in [6.07, 6.45) is 0. The lowest BCUT2D eigenvalue weighted by molar-refractivity contribution is -0.384. The summed E-state index contributed by atoms with van der Waals surface area (Å²) in [4.78, 5) is 41.8. The summed E-state index contributed by atoms with van der Waals surface area (Å²) in [5.41, 5.74) is 2.24. The fourth-order valence-electron chi connectivity index (χ4n) is 4.89. The molecule has 3 aromatic carbocycles.